The second kappa shape index (κ2) is 10.7. The second-order valence-corrected chi connectivity index (χ2v) is 13.5. The summed E-state index contributed by atoms with van der Waals surface area (Å²) in [6.07, 6.45) is 9.55. The predicted octanol–water partition coefficient (Wildman–Crippen LogP) is 4.71. The van der Waals surface area contributed by atoms with Gasteiger partial charge in [0.1, 0.15) is 10.7 Å². The molecule has 0 aliphatic carbocycles. The minimum Gasteiger partial charge on any atom is -0.382 e. The first-order chi connectivity index (χ1) is 21.2. The van der Waals surface area contributed by atoms with E-state index in [1.165, 1.54) is 17.7 Å². The molecule has 44 heavy (non-hydrogen) atoms. The first kappa shape index (κ1) is 28.0. The Morgan fingerprint density at radius 2 is 1.70 bits per heavy atom. The summed E-state index contributed by atoms with van der Waals surface area (Å²) < 4.78 is 27.8. The predicted molar refractivity (Wildman–Crippen MR) is 169 cm³/mol. The summed E-state index contributed by atoms with van der Waals surface area (Å²) in [5.74, 6) is 0.494. The van der Waals surface area contributed by atoms with Gasteiger partial charge >= 0.3 is 0 Å². The Hall–Kier alpha value is -4.84. The molecule has 6 heterocycles. The number of amides is 1. The van der Waals surface area contributed by atoms with E-state index < -0.39 is 9.84 Å². The summed E-state index contributed by atoms with van der Waals surface area (Å²) in [6, 6.07) is 17.7. The third-order valence-electron chi connectivity index (χ3n) is 8.64. The lowest BCUT2D eigenvalue weighted by Crippen LogP contribution is -2.43. The van der Waals surface area contributed by atoms with E-state index >= 15 is 0 Å². The van der Waals surface area contributed by atoms with Crippen LogP contribution in [-0.2, 0) is 14.6 Å². The minimum atomic E-state index is -3.73. The second-order valence-electron chi connectivity index (χ2n) is 11.6. The van der Waals surface area contributed by atoms with Crippen molar-refractivity contribution in [2.75, 3.05) is 22.2 Å². The molecule has 0 radical (unpaired) electrons. The van der Waals surface area contributed by atoms with E-state index in [9.17, 15) is 13.2 Å². The number of anilines is 3. The Kier molecular flexibility index (Phi) is 6.80. The van der Waals surface area contributed by atoms with Gasteiger partial charge in [0.05, 0.1) is 23.3 Å². The number of rotatable bonds is 6. The molecule has 11 nitrogen and oxygen atoms in total. The number of aromatic nitrogens is 5. The molecule has 1 aromatic carbocycles. The molecule has 3 atom stereocenters. The Morgan fingerprint density at radius 1 is 0.955 bits per heavy atom. The van der Waals surface area contributed by atoms with Gasteiger partial charge in [-0.15, -0.1) is 0 Å². The van der Waals surface area contributed by atoms with Gasteiger partial charge in [0.25, 0.3) is 0 Å². The van der Waals surface area contributed by atoms with Crippen LogP contribution in [0.1, 0.15) is 44.2 Å². The van der Waals surface area contributed by atoms with Crippen LogP contribution in [0.3, 0.4) is 0 Å². The number of carbonyl (C=O) groups is 1. The molecule has 7 rings (SSSR count). The van der Waals surface area contributed by atoms with Gasteiger partial charge in [0.2, 0.25) is 5.91 Å². The van der Waals surface area contributed by atoms with Crippen LogP contribution in [0, 0.1) is 0 Å². The molecule has 12 heteroatoms. The smallest absolute Gasteiger partial charge is 0.221 e. The lowest BCUT2D eigenvalue weighted by molar-refractivity contribution is -0.114. The van der Waals surface area contributed by atoms with Crippen molar-refractivity contribution in [1.82, 2.24) is 24.6 Å². The molecule has 2 aliphatic heterocycles. The van der Waals surface area contributed by atoms with E-state index in [2.05, 4.69) is 25.3 Å². The SMILES string of the molecule is CC(=O)Nc1cccnc1N1[C@@H]2CC[C@H]1CC(c1nc3c(-c4ccc(-c5ccccc5)nc4)cnn3c(N)c1S(C)(=O)=O)C2. The molecular formula is C32H32N8O3S. The lowest BCUT2D eigenvalue weighted by atomic mass is 9.87. The molecule has 4 aromatic heterocycles. The standard InChI is InChI=1S/C32H32N8O3S/c1-19(41)37-27-9-6-14-34-32(27)39-23-11-12-24(39)16-22(15-23)28-29(44(2,42)43)30(33)40-31(38-28)25(18-36-40)21-10-13-26(35-17-21)20-7-4-3-5-8-20/h3-10,13-14,17-18,22-24H,11-12,15-16,33H2,1-2H3,(H,37,41)/t22?,23-,24+. The fourth-order valence-corrected chi connectivity index (χ4v) is 7.91. The number of piperidine rings is 1. The van der Waals surface area contributed by atoms with Gasteiger partial charge in [-0.05, 0) is 43.9 Å². The van der Waals surface area contributed by atoms with Crippen molar-refractivity contribution in [3.05, 3.63) is 78.9 Å². The van der Waals surface area contributed by atoms with Crippen molar-refractivity contribution >= 4 is 38.7 Å². The lowest BCUT2D eigenvalue weighted by Gasteiger charge is -2.40. The average molecular weight is 609 g/mol. The van der Waals surface area contributed by atoms with Crippen molar-refractivity contribution in [2.45, 2.75) is 55.5 Å². The summed E-state index contributed by atoms with van der Waals surface area (Å²) in [4.78, 5) is 28.5. The monoisotopic (exact) mass is 608 g/mol. The molecule has 0 saturated carbocycles. The van der Waals surface area contributed by atoms with Crippen molar-refractivity contribution in [2.24, 2.45) is 0 Å². The maximum atomic E-state index is 13.2. The van der Waals surface area contributed by atoms with Crippen LogP contribution in [0.15, 0.2) is 78.1 Å². The van der Waals surface area contributed by atoms with Gasteiger partial charge in [-0.25, -0.2) is 18.4 Å². The maximum Gasteiger partial charge on any atom is 0.221 e. The van der Waals surface area contributed by atoms with Crippen molar-refractivity contribution in [3.63, 3.8) is 0 Å². The van der Waals surface area contributed by atoms with E-state index in [4.69, 9.17) is 10.7 Å². The highest BCUT2D eigenvalue weighted by Crippen LogP contribution is 2.47. The molecule has 224 valence electrons. The largest absolute Gasteiger partial charge is 0.382 e. The Morgan fingerprint density at radius 3 is 2.36 bits per heavy atom. The minimum absolute atomic E-state index is 0.0341. The van der Waals surface area contributed by atoms with E-state index in [1.807, 2.05) is 48.5 Å². The molecule has 2 bridgehead atoms. The molecule has 0 spiro atoms. The fourth-order valence-electron chi connectivity index (χ4n) is 6.85. The Balaban J connectivity index is 1.28. The van der Waals surface area contributed by atoms with Crippen LogP contribution in [0.4, 0.5) is 17.3 Å². The molecule has 1 unspecified atom stereocenters. The molecule has 2 saturated heterocycles. The van der Waals surface area contributed by atoms with E-state index in [0.717, 1.165) is 41.0 Å². The number of nitrogens with two attached hydrogens (primary N) is 1. The summed E-state index contributed by atoms with van der Waals surface area (Å²) >= 11 is 0. The van der Waals surface area contributed by atoms with Crippen molar-refractivity contribution < 1.29 is 13.2 Å². The summed E-state index contributed by atoms with van der Waals surface area (Å²) in [5, 5.41) is 7.35. The van der Waals surface area contributed by atoms with Crippen molar-refractivity contribution in [1.29, 1.82) is 0 Å². The summed E-state index contributed by atoms with van der Waals surface area (Å²) in [6.45, 7) is 1.48. The highest BCUT2D eigenvalue weighted by atomic mass is 32.2. The van der Waals surface area contributed by atoms with Gasteiger partial charge in [0, 0.05) is 60.3 Å². The molecular weight excluding hydrogens is 576 g/mol. The van der Waals surface area contributed by atoms with E-state index in [1.54, 1.807) is 24.7 Å². The molecule has 3 N–H and O–H groups in total. The maximum absolute atomic E-state index is 13.2. The first-order valence-electron chi connectivity index (χ1n) is 14.6. The van der Waals surface area contributed by atoms with Crippen LogP contribution in [0.2, 0.25) is 0 Å². The van der Waals surface area contributed by atoms with Crippen LogP contribution < -0.4 is 16.0 Å². The summed E-state index contributed by atoms with van der Waals surface area (Å²) in [7, 11) is -3.73. The van der Waals surface area contributed by atoms with E-state index in [-0.39, 0.29) is 34.6 Å². The first-order valence-corrected chi connectivity index (χ1v) is 16.5. The average Bonchev–Trinajstić information content (AvgIpc) is 3.54. The van der Waals surface area contributed by atoms with Gasteiger partial charge in [-0.3, -0.25) is 9.78 Å². The van der Waals surface area contributed by atoms with Crippen LogP contribution >= 0.6 is 0 Å². The van der Waals surface area contributed by atoms with Gasteiger partial charge in [0.15, 0.2) is 21.3 Å². The topological polar surface area (TPSA) is 148 Å². The number of hydrogen-bond acceptors (Lipinski definition) is 9. The summed E-state index contributed by atoms with van der Waals surface area (Å²) in [5.41, 5.74) is 11.6. The number of nitrogen functional groups attached to an aromatic ring is 1. The fraction of sp³-hybridized carbons (Fsp3) is 0.281. The van der Waals surface area contributed by atoms with Crippen LogP contribution in [0.25, 0.3) is 28.0 Å². The number of hydrogen-bond donors (Lipinski definition) is 2. The third-order valence-corrected chi connectivity index (χ3v) is 9.80. The molecule has 1 amide bonds. The highest BCUT2D eigenvalue weighted by Gasteiger charge is 2.44. The number of benzene rings is 1. The molecule has 5 aromatic rings. The van der Waals surface area contributed by atoms with Crippen molar-refractivity contribution in [3.8, 4) is 22.4 Å². The van der Waals surface area contributed by atoms with Crippen LogP contribution in [-0.4, -0.2) is 57.2 Å². The zero-order valence-electron chi connectivity index (χ0n) is 24.4. The van der Waals surface area contributed by atoms with Gasteiger partial charge in [-0.2, -0.15) is 9.61 Å². The molecule has 2 fully saturated rings. The highest BCUT2D eigenvalue weighted by molar-refractivity contribution is 7.91. The quantitative estimate of drug-likeness (QED) is 0.279. The number of fused-ring (bicyclic) bond motifs is 3. The number of sulfone groups is 1. The van der Waals surface area contributed by atoms with Crippen LogP contribution in [0.5, 0.6) is 0 Å². The molecule has 2 aliphatic rings. The Bertz CT molecular complexity index is 1980. The number of carbonyl (C=O) groups excluding carboxylic acids is 1. The number of nitrogens with one attached hydrogen (secondary N) is 1. The van der Waals surface area contributed by atoms with E-state index in [0.29, 0.717) is 29.9 Å². The van der Waals surface area contributed by atoms with Gasteiger partial charge < -0.3 is 16.0 Å². The van der Waals surface area contributed by atoms with Gasteiger partial charge in [-0.1, -0.05) is 36.4 Å². The number of pyridine rings is 2. The zero-order valence-corrected chi connectivity index (χ0v) is 25.2. The third kappa shape index (κ3) is 4.84. The number of nitrogens with zero attached hydrogens (tertiary/aromatic N) is 6. The normalized spacial score (nSPS) is 19.8. The Labute approximate surface area is 255 Å². The zero-order chi connectivity index (χ0) is 30.6.